The zero-order valence-corrected chi connectivity index (χ0v) is 54.3. The normalized spacial score (nSPS) is 11.2. The Hall–Kier alpha value is -9.87. The smallest absolute Gasteiger partial charge is 0.553 e. The summed E-state index contributed by atoms with van der Waals surface area (Å²) < 4.78 is 28.5. The van der Waals surface area contributed by atoms with Crippen LogP contribution in [0.5, 0.6) is 0 Å². The number of hydrogen-bond acceptors (Lipinski definition) is 14. The predicted molar refractivity (Wildman–Crippen MR) is 358 cm³/mol. The van der Waals surface area contributed by atoms with Gasteiger partial charge in [0.2, 0.25) is 5.91 Å². The van der Waals surface area contributed by atoms with Crippen LogP contribution >= 0.6 is 0 Å². The molecular weight excluding hydrogens is 1190 g/mol. The fourth-order valence-electron chi connectivity index (χ4n) is 9.85. The zero-order valence-electron chi connectivity index (χ0n) is 51.5. The van der Waals surface area contributed by atoms with Crippen LogP contribution in [0.2, 0.25) is 0 Å². The van der Waals surface area contributed by atoms with Crippen molar-refractivity contribution in [3.63, 3.8) is 0 Å². The summed E-state index contributed by atoms with van der Waals surface area (Å²) in [5.74, 6) is 4.92. The molecule has 0 radical (unpaired) electrons. The standard InChI is InChI=1S/C40H36N4O4S.C31H29N7O2.H2NO.Na/c1-43(2)21-9-12-34(45)24-29-17-19-32(20-18-29)40(46)25-31-11-8-10-30(22-31)23-33-26-38(42-28-41-33)37-27-44(39-16-7-6-15-36(37)39)49(47,48)35-13-4-3-5-14-35;1-38(2)16-6-11-30(39)36-22-14-12-21(13-15-22)31(40)37-24-8-5-7-23(17-24)35-29-18-28(33-20-34-29)26-19-32-27-10-4-3-9-25(26)27;1-2;/h3-20,22,26-28H,21,23-25H2,1-2H3;3-15,17-20,32H,16H2,1-2H3,(H,36,39)(H,37,40)(H,33,34,35);1-2H;/q;;-1;+1/b12-9+;11-6+;;. The first-order chi connectivity index (χ1) is 44.1. The summed E-state index contributed by atoms with van der Waals surface area (Å²) in [7, 11) is 3.92. The molecule has 2 amide bonds. The Morgan fingerprint density at radius 2 is 1.21 bits per heavy atom. The van der Waals surface area contributed by atoms with Gasteiger partial charge in [0.1, 0.15) is 18.5 Å². The van der Waals surface area contributed by atoms with Crippen LogP contribution in [0.3, 0.4) is 0 Å². The third-order valence-electron chi connectivity index (χ3n) is 14.2. The monoisotopic (exact) mass is 1250 g/mol. The Balaban J connectivity index is 0.000000232. The van der Waals surface area contributed by atoms with E-state index < -0.39 is 10.0 Å². The van der Waals surface area contributed by atoms with E-state index in [0.717, 1.165) is 55.6 Å². The van der Waals surface area contributed by atoms with Crippen LogP contribution in [-0.2, 0) is 38.9 Å². The van der Waals surface area contributed by atoms with Gasteiger partial charge in [0, 0.05) is 118 Å². The number of amides is 2. The molecule has 0 aliphatic heterocycles. The van der Waals surface area contributed by atoms with Crippen LogP contribution < -0.4 is 45.5 Å². The van der Waals surface area contributed by atoms with Gasteiger partial charge < -0.3 is 41.8 Å². The number of allylic oxidation sites excluding steroid dienone is 1. The minimum Gasteiger partial charge on any atom is -0.553 e. The van der Waals surface area contributed by atoms with E-state index in [4.69, 9.17) is 11.1 Å². The van der Waals surface area contributed by atoms with E-state index in [2.05, 4.69) is 46.9 Å². The van der Waals surface area contributed by atoms with Crippen LogP contribution in [0.15, 0.2) is 242 Å². The molecule has 19 nitrogen and oxygen atoms in total. The molecule has 0 saturated carbocycles. The molecule has 0 saturated heterocycles. The van der Waals surface area contributed by atoms with Gasteiger partial charge in [-0.3, -0.25) is 19.2 Å². The van der Waals surface area contributed by atoms with Gasteiger partial charge in [0.25, 0.3) is 15.9 Å². The van der Waals surface area contributed by atoms with E-state index in [0.29, 0.717) is 71.0 Å². The first kappa shape index (κ1) is 68.0. The van der Waals surface area contributed by atoms with Crippen molar-refractivity contribution in [1.29, 1.82) is 0 Å². The molecule has 0 aliphatic rings. The molecule has 0 spiro atoms. The van der Waals surface area contributed by atoms with Crippen LogP contribution in [-0.4, -0.2) is 117 Å². The third-order valence-corrected chi connectivity index (χ3v) is 15.9. The van der Waals surface area contributed by atoms with Gasteiger partial charge in [-0.1, -0.05) is 121 Å². The van der Waals surface area contributed by atoms with Gasteiger partial charge in [0.05, 0.1) is 21.8 Å². The number of carbonyl (C=O) groups is 4. The van der Waals surface area contributed by atoms with E-state index in [1.165, 1.54) is 22.7 Å². The number of nitrogens with one attached hydrogen (secondary N) is 5. The van der Waals surface area contributed by atoms with Gasteiger partial charge in [-0.2, -0.15) is 0 Å². The summed E-state index contributed by atoms with van der Waals surface area (Å²) >= 11 is 0. The Labute approximate surface area is 556 Å². The van der Waals surface area contributed by atoms with Crippen molar-refractivity contribution in [1.82, 2.24) is 38.7 Å². The second-order valence-corrected chi connectivity index (χ2v) is 23.4. The van der Waals surface area contributed by atoms with Crippen LogP contribution in [0.4, 0.5) is 22.9 Å². The van der Waals surface area contributed by atoms with Crippen molar-refractivity contribution < 1.29 is 62.4 Å². The summed E-state index contributed by atoms with van der Waals surface area (Å²) in [4.78, 5) is 75.5. The van der Waals surface area contributed by atoms with Crippen molar-refractivity contribution in [2.45, 2.75) is 24.2 Å². The topological polar surface area (TPSA) is 261 Å². The molecule has 11 rings (SSSR count). The molecule has 0 unspecified atom stereocenters. The number of ketones is 2. The van der Waals surface area contributed by atoms with Gasteiger partial charge >= 0.3 is 29.6 Å². The van der Waals surface area contributed by atoms with E-state index >= 15 is 0 Å². The number of aromatic amines is 1. The molecule has 0 atom stereocenters. The predicted octanol–water partition coefficient (Wildman–Crippen LogP) is 9.69. The average Bonchev–Trinajstić information content (AvgIpc) is 1.61. The molecular formula is C71H67N12NaO7S. The number of H-pyrrole nitrogens is 1. The van der Waals surface area contributed by atoms with E-state index in [-0.39, 0.29) is 64.3 Å². The number of aromatic nitrogens is 6. The minimum atomic E-state index is -3.83. The minimum absolute atomic E-state index is 0. The molecule has 0 aliphatic carbocycles. The van der Waals surface area contributed by atoms with Gasteiger partial charge in [0.15, 0.2) is 11.6 Å². The van der Waals surface area contributed by atoms with Crippen molar-refractivity contribution in [2.24, 2.45) is 0 Å². The van der Waals surface area contributed by atoms with Gasteiger partial charge in [-0.15, -0.1) is 0 Å². The number of fused-ring (bicyclic) bond motifs is 2. The molecule has 0 bridgehead atoms. The SMILES string of the molecule is CN(C)C/C=C/C(=O)Cc1ccc(C(=O)Cc2cccc(Cc3cc(-c4cn(S(=O)(=O)c5ccccc5)c5ccccc45)ncn3)c2)cc1.CN(C)C/C=C/C(=O)Nc1ccc(C(=O)Nc2cccc(Nc3cc(-c4c[nH]c5ccccc45)ncn3)c2)cc1.[NH-]O.[Na+]. The van der Waals surface area contributed by atoms with E-state index in [1.807, 2.05) is 159 Å². The van der Waals surface area contributed by atoms with Gasteiger partial charge in [-0.05, 0) is 124 Å². The molecule has 4 aromatic heterocycles. The number of Topliss-reactive ketones (excluding diaryl/α,β-unsaturated/α-hetero) is 1. The van der Waals surface area contributed by atoms with Crippen molar-refractivity contribution in [3.8, 4) is 22.5 Å². The van der Waals surface area contributed by atoms with Crippen molar-refractivity contribution >= 4 is 78.1 Å². The Morgan fingerprint density at radius 1 is 0.576 bits per heavy atom. The first-order valence-corrected chi connectivity index (χ1v) is 30.3. The molecule has 7 aromatic carbocycles. The summed E-state index contributed by atoms with van der Waals surface area (Å²) in [5, 5.41) is 17.1. The number of hydrogen-bond donors (Lipinski definition) is 5. The number of benzene rings is 7. The van der Waals surface area contributed by atoms with E-state index in [1.54, 1.807) is 91.1 Å². The summed E-state index contributed by atoms with van der Waals surface area (Å²) in [6, 6.07) is 56.8. The van der Waals surface area contributed by atoms with Crippen LogP contribution in [0, 0.1) is 0 Å². The quantitative estimate of drug-likeness (QED) is 0.0183. The molecule has 0 fully saturated rings. The molecule has 6 N–H and O–H groups in total. The maximum atomic E-state index is 13.6. The largest absolute Gasteiger partial charge is 1.00 e. The number of rotatable bonds is 22. The Morgan fingerprint density at radius 3 is 1.95 bits per heavy atom. The summed E-state index contributed by atoms with van der Waals surface area (Å²) in [5.41, 5.74) is 11.3. The fraction of sp³-hybridized carbons (Fsp3) is 0.127. The maximum absolute atomic E-state index is 13.6. The number of nitrogens with zero attached hydrogens (tertiary/aromatic N) is 7. The van der Waals surface area contributed by atoms with Crippen molar-refractivity contribution in [2.75, 3.05) is 57.2 Å². The maximum Gasteiger partial charge on any atom is 1.00 e. The van der Waals surface area contributed by atoms with Gasteiger partial charge in [-0.25, -0.2) is 32.3 Å². The number of anilines is 4. The third kappa shape index (κ3) is 18.4. The van der Waals surface area contributed by atoms with Crippen molar-refractivity contribution in [3.05, 3.63) is 277 Å². The molecule has 92 heavy (non-hydrogen) atoms. The number of para-hydroxylation sites is 2. The molecule has 4 heterocycles. The summed E-state index contributed by atoms with van der Waals surface area (Å²) in [6.45, 7) is 1.38. The first-order valence-electron chi connectivity index (χ1n) is 28.9. The van der Waals surface area contributed by atoms with Crippen LogP contribution in [0.1, 0.15) is 43.1 Å². The fourth-order valence-corrected chi connectivity index (χ4v) is 11.2. The molecule has 11 aromatic rings. The molecule has 460 valence electrons. The second-order valence-electron chi connectivity index (χ2n) is 21.6. The molecule has 21 heteroatoms. The average molecular weight is 1260 g/mol. The Kier molecular flexibility index (Phi) is 24.2. The number of carbonyl (C=O) groups excluding carboxylic acids is 4. The summed E-state index contributed by atoms with van der Waals surface area (Å²) in [6.07, 6.45) is 14.3. The Bertz CT molecular complexity index is 4520. The second kappa shape index (κ2) is 32.7. The van der Waals surface area contributed by atoms with E-state index in [9.17, 15) is 27.6 Å². The number of likely N-dealkylation sites (N-methyl/N-ethyl adjacent to an activating group) is 2. The van der Waals surface area contributed by atoms with Crippen LogP contribution in [0.25, 0.3) is 50.2 Å². The zero-order chi connectivity index (χ0) is 64.3.